The largest absolute Gasteiger partial charge is 0.375 e. The second-order valence-corrected chi connectivity index (χ2v) is 4.36. The fourth-order valence-corrected chi connectivity index (χ4v) is 1.48. The Bertz CT molecular complexity index is 457. The molecule has 106 valence electrons. The molecule has 0 aliphatic rings. The molecule has 1 aromatic rings. The number of carbonyl (C=O) groups excluding carboxylic acids is 1. The molecule has 0 saturated heterocycles. The minimum atomic E-state index is -2.61. The molecule has 0 aliphatic heterocycles. The molecule has 19 heavy (non-hydrogen) atoms. The number of nitrogens with one attached hydrogen (secondary N) is 1. The second kappa shape index (κ2) is 7.44. The minimum absolute atomic E-state index is 0.0664. The number of hydrogen-bond acceptors (Lipinski definition) is 2. The number of anilines is 1. The van der Waals surface area contributed by atoms with Gasteiger partial charge in [0.2, 0.25) is 5.91 Å². The van der Waals surface area contributed by atoms with Gasteiger partial charge in [0.05, 0.1) is 23.2 Å². The molecule has 3 nitrogen and oxygen atoms in total. The third-order valence-corrected chi connectivity index (χ3v) is 2.61. The Morgan fingerprint density at radius 1 is 1.32 bits per heavy atom. The normalized spacial score (nSPS) is 10.8. The molecule has 0 spiro atoms. The summed E-state index contributed by atoms with van der Waals surface area (Å²) in [6.07, 6.45) is -2.84. The lowest BCUT2D eigenvalue weighted by Gasteiger charge is -2.08. The molecule has 1 aromatic carbocycles. The van der Waals surface area contributed by atoms with Crippen molar-refractivity contribution in [1.82, 2.24) is 0 Å². The molecule has 0 heterocycles. The first kappa shape index (κ1) is 15.9. The summed E-state index contributed by atoms with van der Waals surface area (Å²) < 4.78 is 54.3. The van der Waals surface area contributed by atoms with Crippen LogP contribution in [0.2, 0.25) is 0 Å². The van der Waals surface area contributed by atoms with Gasteiger partial charge in [0.1, 0.15) is 18.2 Å². The van der Waals surface area contributed by atoms with Gasteiger partial charge in [-0.2, -0.15) is 0 Å². The average molecular weight is 344 g/mol. The van der Waals surface area contributed by atoms with Crippen molar-refractivity contribution < 1.29 is 27.1 Å². The molecular weight excluding hydrogens is 334 g/mol. The Labute approximate surface area is 115 Å². The molecule has 0 saturated carbocycles. The van der Waals surface area contributed by atoms with E-state index in [1.54, 1.807) is 0 Å². The lowest BCUT2D eigenvalue weighted by molar-refractivity contribution is -0.117. The molecule has 0 fully saturated rings. The molecule has 0 radical (unpaired) electrons. The second-order valence-electron chi connectivity index (χ2n) is 3.51. The third kappa shape index (κ3) is 5.56. The van der Waals surface area contributed by atoms with Gasteiger partial charge >= 0.3 is 0 Å². The van der Waals surface area contributed by atoms with E-state index in [1.807, 2.05) is 0 Å². The van der Waals surface area contributed by atoms with Gasteiger partial charge in [-0.1, -0.05) is 0 Å². The Kier molecular flexibility index (Phi) is 6.23. The minimum Gasteiger partial charge on any atom is -0.375 e. The van der Waals surface area contributed by atoms with Crippen molar-refractivity contribution in [3.8, 4) is 0 Å². The fourth-order valence-electron chi connectivity index (χ4n) is 1.17. The summed E-state index contributed by atoms with van der Waals surface area (Å²) >= 11 is 2.79. The number of alkyl halides is 2. The van der Waals surface area contributed by atoms with Crippen molar-refractivity contribution in [2.45, 2.75) is 12.8 Å². The zero-order chi connectivity index (χ0) is 14.4. The van der Waals surface area contributed by atoms with Crippen LogP contribution >= 0.6 is 15.9 Å². The highest BCUT2D eigenvalue weighted by molar-refractivity contribution is 9.10. The van der Waals surface area contributed by atoms with Crippen LogP contribution in [-0.2, 0) is 9.53 Å². The SMILES string of the molecule is O=C(CCOCC(F)F)Nc1cc(F)c(Br)cc1F. The molecule has 1 N–H and O–H groups in total. The van der Waals surface area contributed by atoms with Gasteiger partial charge < -0.3 is 10.1 Å². The van der Waals surface area contributed by atoms with Crippen LogP contribution in [0.25, 0.3) is 0 Å². The molecule has 0 aromatic heterocycles. The standard InChI is InChI=1S/C11H10BrF4NO2/c12-6-3-8(14)9(4-7(6)13)17-11(18)1-2-19-5-10(15)16/h3-4,10H,1-2,5H2,(H,17,18). The molecule has 0 unspecified atom stereocenters. The van der Waals surface area contributed by atoms with Crippen LogP contribution in [0.5, 0.6) is 0 Å². The van der Waals surface area contributed by atoms with E-state index in [4.69, 9.17) is 0 Å². The first-order valence-electron chi connectivity index (χ1n) is 5.20. The lowest BCUT2D eigenvalue weighted by Crippen LogP contribution is -2.16. The Morgan fingerprint density at radius 3 is 2.63 bits per heavy atom. The topological polar surface area (TPSA) is 38.3 Å². The predicted octanol–water partition coefficient (Wildman–Crippen LogP) is 3.34. The zero-order valence-corrected chi connectivity index (χ0v) is 11.1. The number of halogens is 5. The maximum Gasteiger partial charge on any atom is 0.261 e. The van der Waals surface area contributed by atoms with Crippen LogP contribution in [0.1, 0.15) is 6.42 Å². The zero-order valence-electron chi connectivity index (χ0n) is 9.56. The number of benzene rings is 1. The third-order valence-electron chi connectivity index (χ3n) is 2.00. The van der Waals surface area contributed by atoms with Crippen LogP contribution in [-0.4, -0.2) is 25.5 Å². The predicted molar refractivity (Wildman–Crippen MR) is 64.1 cm³/mol. The highest BCUT2D eigenvalue weighted by atomic mass is 79.9. The quantitative estimate of drug-likeness (QED) is 0.488. The highest BCUT2D eigenvalue weighted by Gasteiger charge is 2.11. The molecule has 1 rings (SSSR count). The summed E-state index contributed by atoms with van der Waals surface area (Å²) in [5.74, 6) is -2.20. The summed E-state index contributed by atoms with van der Waals surface area (Å²) in [5, 5.41) is 2.12. The van der Waals surface area contributed by atoms with Crippen LogP contribution in [0.3, 0.4) is 0 Å². The number of carbonyl (C=O) groups is 1. The van der Waals surface area contributed by atoms with Crippen molar-refractivity contribution in [2.75, 3.05) is 18.5 Å². The average Bonchev–Trinajstić information content (AvgIpc) is 2.31. The Hall–Kier alpha value is -1.15. The van der Waals surface area contributed by atoms with E-state index in [9.17, 15) is 22.4 Å². The van der Waals surface area contributed by atoms with Gasteiger partial charge in [-0.15, -0.1) is 0 Å². The van der Waals surface area contributed by atoms with E-state index in [1.165, 1.54) is 0 Å². The van der Waals surface area contributed by atoms with Crippen LogP contribution < -0.4 is 5.32 Å². The van der Waals surface area contributed by atoms with Crippen LogP contribution in [0.15, 0.2) is 16.6 Å². The fraction of sp³-hybridized carbons (Fsp3) is 0.364. The van der Waals surface area contributed by atoms with Crippen LogP contribution in [0, 0.1) is 11.6 Å². The molecule has 0 atom stereocenters. The van der Waals surface area contributed by atoms with Crippen molar-refractivity contribution in [3.63, 3.8) is 0 Å². The summed E-state index contributed by atoms with van der Waals surface area (Å²) in [6, 6.07) is 1.69. The molecular formula is C11H10BrF4NO2. The van der Waals surface area contributed by atoms with E-state index in [-0.39, 0.29) is 23.2 Å². The van der Waals surface area contributed by atoms with Crippen molar-refractivity contribution >= 4 is 27.5 Å². The van der Waals surface area contributed by atoms with Gasteiger partial charge in [-0.05, 0) is 22.0 Å². The number of amides is 1. The van der Waals surface area contributed by atoms with Gasteiger partial charge in [-0.25, -0.2) is 17.6 Å². The highest BCUT2D eigenvalue weighted by Crippen LogP contribution is 2.23. The number of rotatable bonds is 6. The summed E-state index contributed by atoms with van der Waals surface area (Å²) in [7, 11) is 0. The van der Waals surface area contributed by atoms with E-state index in [0.29, 0.717) is 0 Å². The Morgan fingerprint density at radius 2 is 2.00 bits per heavy atom. The van der Waals surface area contributed by atoms with Gasteiger partial charge in [-0.3, -0.25) is 4.79 Å². The maximum absolute atomic E-state index is 13.3. The maximum atomic E-state index is 13.3. The summed E-state index contributed by atoms with van der Waals surface area (Å²) in [6.45, 7) is -0.995. The first-order valence-corrected chi connectivity index (χ1v) is 5.99. The van der Waals surface area contributed by atoms with Crippen LogP contribution in [0.4, 0.5) is 23.2 Å². The monoisotopic (exact) mass is 343 g/mol. The first-order chi connectivity index (χ1) is 8.90. The number of hydrogen-bond donors (Lipinski definition) is 1. The van der Waals surface area contributed by atoms with Crippen molar-refractivity contribution in [2.24, 2.45) is 0 Å². The smallest absolute Gasteiger partial charge is 0.261 e. The van der Waals surface area contributed by atoms with Crippen molar-refractivity contribution in [3.05, 3.63) is 28.2 Å². The lowest BCUT2D eigenvalue weighted by atomic mass is 10.3. The molecule has 8 heteroatoms. The Balaban J connectivity index is 2.46. The van der Waals surface area contributed by atoms with E-state index >= 15 is 0 Å². The van der Waals surface area contributed by atoms with Gasteiger partial charge in [0.15, 0.2) is 0 Å². The summed E-state index contributed by atoms with van der Waals surface area (Å²) in [4.78, 5) is 11.3. The molecule has 0 aliphatic carbocycles. The van der Waals surface area contributed by atoms with E-state index in [2.05, 4.69) is 26.0 Å². The van der Waals surface area contributed by atoms with Gasteiger partial charge in [0, 0.05) is 6.07 Å². The van der Waals surface area contributed by atoms with Crippen molar-refractivity contribution in [1.29, 1.82) is 0 Å². The van der Waals surface area contributed by atoms with E-state index in [0.717, 1.165) is 12.1 Å². The number of ether oxygens (including phenoxy) is 1. The summed E-state index contributed by atoms with van der Waals surface area (Å²) in [5.41, 5.74) is -0.320. The van der Waals surface area contributed by atoms with E-state index < -0.39 is 30.6 Å². The molecule has 0 bridgehead atoms. The molecule has 1 amide bonds. The van der Waals surface area contributed by atoms with Gasteiger partial charge in [0.25, 0.3) is 6.43 Å².